The third kappa shape index (κ3) is 3.27. The van der Waals surface area contributed by atoms with Crippen molar-refractivity contribution in [3.63, 3.8) is 0 Å². The summed E-state index contributed by atoms with van der Waals surface area (Å²) >= 11 is 0. The predicted octanol–water partition coefficient (Wildman–Crippen LogP) is 3.94. The lowest BCUT2D eigenvalue weighted by Crippen LogP contribution is -2.26. The topological polar surface area (TPSA) is 37.4 Å². The molecule has 0 aliphatic rings. The minimum absolute atomic E-state index is 0.309. The zero-order valence-corrected chi connectivity index (χ0v) is 13.7. The molecule has 0 N–H and O–H groups in total. The largest absolute Gasteiger partial charge is 0.269 e. The van der Waals surface area contributed by atoms with Gasteiger partial charge in [0.05, 0.1) is 10.6 Å². The molecular formula is C17H21NO2S. The molecule has 2 aromatic rings. The van der Waals surface area contributed by atoms with Crippen molar-refractivity contribution in [1.82, 2.24) is 0 Å². The number of hydrogen-bond acceptors (Lipinski definition) is 2. The Hall–Kier alpha value is -1.81. The Morgan fingerprint density at radius 2 is 1.43 bits per heavy atom. The van der Waals surface area contributed by atoms with Gasteiger partial charge in [0.1, 0.15) is 0 Å². The number of hydrogen-bond donors (Lipinski definition) is 0. The normalized spacial score (nSPS) is 11.7. The van der Waals surface area contributed by atoms with Gasteiger partial charge in [-0.1, -0.05) is 43.7 Å². The molecule has 0 spiro atoms. The molecule has 2 aromatic carbocycles. The molecule has 0 saturated carbocycles. The summed E-state index contributed by atoms with van der Waals surface area (Å²) in [5.41, 5.74) is 2.90. The lowest BCUT2D eigenvalue weighted by molar-refractivity contribution is 0.594. The summed E-state index contributed by atoms with van der Waals surface area (Å²) in [5, 5.41) is 0. The Balaban J connectivity index is 2.33. The molecule has 0 heterocycles. The van der Waals surface area contributed by atoms with Crippen molar-refractivity contribution in [2.75, 3.05) is 11.4 Å². The second-order valence-electron chi connectivity index (χ2n) is 5.53. The fourth-order valence-electron chi connectivity index (χ4n) is 2.08. The van der Waals surface area contributed by atoms with E-state index in [4.69, 9.17) is 0 Å². The second-order valence-corrected chi connectivity index (χ2v) is 7.50. The molecule has 0 aliphatic carbocycles. The Bertz CT molecular complexity index is 701. The van der Waals surface area contributed by atoms with E-state index in [2.05, 4.69) is 13.8 Å². The van der Waals surface area contributed by atoms with Gasteiger partial charge >= 0.3 is 0 Å². The first kappa shape index (κ1) is 15.6. The summed E-state index contributed by atoms with van der Waals surface area (Å²) in [6, 6.07) is 14.5. The smallest absolute Gasteiger partial charge is 0.264 e. The minimum atomic E-state index is -3.51. The molecule has 0 radical (unpaired) electrons. The van der Waals surface area contributed by atoms with Crippen LogP contribution in [-0.4, -0.2) is 15.5 Å². The molecule has 0 amide bonds. The van der Waals surface area contributed by atoms with E-state index in [-0.39, 0.29) is 0 Å². The van der Waals surface area contributed by atoms with E-state index in [0.29, 0.717) is 16.5 Å². The van der Waals surface area contributed by atoms with Crippen molar-refractivity contribution in [2.24, 2.45) is 0 Å². The highest BCUT2D eigenvalue weighted by atomic mass is 32.2. The zero-order chi connectivity index (χ0) is 15.6. The summed E-state index contributed by atoms with van der Waals surface area (Å²) in [6.07, 6.45) is 0. The van der Waals surface area contributed by atoms with Crippen LogP contribution in [0.25, 0.3) is 0 Å². The van der Waals surface area contributed by atoms with E-state index in [1.54, 1.807) is 19.2 Å². The quantitative estimate of drug-likeness (QED) is 0.858. The molecule has 112 valence electrons. The molecule has 0 atom stereocenters. The van der Waals surface area contributed by atoms with Crippen LogP contribution in [0.2, 0.25) is 0 Å². The third-order valence-corrected chi connectivity index (χ3v) is 5.40. The highest BCUT2D eigenvalue weighted by molar-refractivity contribution is 7.92. The summed E-state index contributed by atoms with van der Waals surface area (Å²) < 4.78 is 26.5. The Morgan fingerprint density at radius 1 is 0.905 bits per heavy atom. The maximum absolute atomic E-state index is 12.6. The molecule has 21 heavy (non-hydrogen) atoms. The van der Waals surface area contributed by atoms with Gasteiger partial charge in [0, 0.05) is 7.05 Å². The number of anilines is 1. The van der Waals surface area contributed by atoms with Crippen molar-refractivity contribution < 1.29 is 8.42 Å². The van der Waals surface area contributed by atoms with Crippen LogP contribution in [0.15, 0.2) is 53.4 Å². The fourth-order valence-corrected chi connectivity index (χ4v) is 3.27. The molecule has 4 heteroatoms. The van der Waals surface area contributed by atoms with Gasteiger partial charge in [0.15, 0.2) is 0 Å². The van der Waals surface area contributed by atoms with Gasteiger partial charge in [-0.2, -0.15) is 0 Å². The number of benzene rings is 2. The highest BCUT2D eigenvalue weighted by Gasteiger charge is 2.21. The van der Waals surface area contributed by atoms with Crippen molar-refractivity contribution in [3.05, 3.63) is 59.7 Å². The van der Waals surface area contributed by atoms with Crippen LogP contribution < -0.4 is 4.31 Å². The van der Waals surface area contributed by atoms with Crippen LogP contribution in [-0.2, 0) is 10.0 Å². The number of nitrogens with zero attached hydrogens (tertiary/aromatic N) is 1. The van der Waals surface area contributed by atoms with E-state index < -0.39 is 10.0 Å². The van der Waals surface area contributed by atoms with Crippen LogP contribution in [0.4, 0.5) is 5.69 Å². The van der Waals surface area contributed by atoms with Crippen LogP contribution >= 0.6 is 0 Å². The lowest BCUT2D eigenvalue weighted by Gasteiger charge is -2.20. The van der Waals surface area contributed by atoms with E-state index in [1.165, 1.54) is 9.87 Å². The van der Waals surface area contributed by atoms with Crippen LogP contribution in [0.1, 0.15) is 30.9 Å². The average Bonchev–Trinajstić information content (AvgIpc) is 2.47. The molecule has 0 aromatic heterocycles. The maximum Gasteiger partial charge on any atom is 0.264 e. The van der Waals surface area contributed by atoms with Crippen LogP contribution in [0, 0.1) is 6.92 Å². The first-order valence-electron chi connectivity index (χ1n) is 6.98. The van der Waals surface area contributed by atoms with Gasteiger partial charge in [0.2, 0.25) is 0 Å². The Kier molecular flexibility index (Phi) is 4.37. The van der Waals surface area contributed by atoms with E-state index in [9.17, 15) is 8.42 Å². The minimum Gasteiger partial charge on any atom is -0.269 e. The van der Waals surface area contributed by atoms with Gasteiger partial charge in [0.25, 0.3) is 10.0 Å². The van der Waals surface area contributed by atoms with Crippen molar-refractivity contribution in [1.29, 1.82) is 0 Å². The predicted molar refractivity (Wildman–Crippen MR) is 87.3 cm³/mol. The zero-order valence-electron chi connectivity index (χ0n) is 12.9. The summed E-state index contributed by atoms with van der Waals surface area (Å²) in [4.78, 5) is 0.309. The first-order valence-corrected chi connectivity index (χ1v) is 8.42. The van der Waals surface area contributed by atoms with Crippen molar-refractivity contribution >= 4 is 15.7 Å². The Labute approximate surface area is 127 Å². The molecule has 0 aliphatic heterocycles. The third-order valence-electron chi connectivity index (χ3n) is 3.60. The first-order chi connectivity index (χ1) is 9.82. The highest BCUT2D eigenvalue weighted by Crippen LogP contribution is 2.24. The van der Waals surface area contributed by atoms with Gasteiger partial charge in [-0.15, -0.1) is 0 Å². The van der Waals surface area contributed by atoms with E-state index in [1.807, 2.05) is 43.3 Å². The molecule has 0 saturated heterocycles. The molecule has 3 nitrogen and oxygen atoms in total. The molecular weight excluding hydrogens is 282 g/mol. The lowest BCUT2D eigenvalue weighted by atomic mass is 10.0. The summed E-state index contributed by atoms with van der Waals surface area (Å²) in [7, 11) is -1.93. The summed E-state index contributed by atoms with van der Waals surface area (Å²) in [6.45, 7) is 6.16. The molecule has 0 bridgehead atoms. The van der Waals surface area contributed by atoms with E-state index >= 15 is 0 Å². The second kappa shape index (κ2) is 5.90. The van der Waals surface area contributed by atoms with Crippen LogP contribution in [0.5, 0.6) is 0 Å². The molecule has 0 unspecified atom stereocenters. The summed E-state index contributed by atoms with van der Waals surface area (Å²) in [5.74, 6) is 0.429. The molecule has 0 fully saturated rings. The standard InChI is InChI=1S/C17H21NO2S/c1-13(2)15-7-9-16(10-8-15)18(4)21(19,20)17-11-5-14(3)6-12-17/h5-13H,1-4H3. The van der Waals surface area contributed by atoms with E-state index in [0.717, 1.165) is 5.56 Å². The van der Waals surface area contributed by atoms with Gasteiger partial charge < -0.3 is 0 Å². The number of sulfonamides is 1. The van der Waals surface area contributed by atoms with Gasteiger partial charge in [-0.25, -0.2) is 8.42 Å². The van der Waals surface area contributed by atoms with Gasteiger partial charge in [-0.05, 0) is 42.7 Å². The fraction of sp³-hybridized carbons (Fsp3) is 0.294. The number of aryl methyl sites for hydroxylation is 1. The van der Waals surface area contributed by atoms with Gasteiger partial charge in [-0.3, -0.25) is 4.31 Å². The SMILES string of the molecule is Cc1ccc(S(=O)(=O)N(C)c2ccc(C(C)C)cc2)cc1. The van der Waals surface area contributed by atoms with Crippen LogP contribution in [0.3, 0.4) is 0 Å². The maximum atomic E-state index is 12.6. The molecule has 2 rings (SSSR count). The average molecular weight is 303 g/mol. The Morgan fingerprint density at radius 3 is 1.90 bits per heavy atom. The van der Waals surface area contributed by atoms with Crippen molar-refractivity contribution in [3.8, 4) is 0 Å². The monoisotopic (exact) mass is 303 g/mol. The number of rotatable bonds is 4. The van der Waals surface area contributed by atoms with Crippen molar-refractivity contribution in [2.45, 2.75) is 31.6 Å².